The van der Waals surface area contributed by atoms with E-state index >= 15 is 0 Å². The van der Waals surface area contributed by atoms with Crippen molar-refractivity contribution < 1.29 is 9.59 Å². The van der Waals surface area contributed by atoms with Crippen LogP contribution in [0.5, 0.6) is 0 Å². The van der Waals surface area contributed by atoms with Crippen LogP contribution in [0.4, 0.5) is 0 Å². The van der Waals surface area contributed by atoms with Crippen LogP contribution >= 0.6 is 0 Å². The molecule has 4 rings (SSSR count). The highest BCUT2D eigenvalue weighted by molar-refractivity contribution is 6.02. The predicted octanol–water partition coefficient (Wildman–Crippen LogP) is 1.90. The summed E-state index contributed by atoms with van der Waals surface area (Å²) in [4.78, 5) is 26.1. The van der Waals surface area contributed by atoms with Gasteiger partial charge < -0.3 is 4.90 Å². The van der Waals surface area contributed by atoms with Gasteiger partial charge in [0.25, 0.3) is 0 Å². The van der Waals surface area contributed by atoms with Crippen molar-refractivity contribution in [1.82, 2.24) is 20.0 Å². The van der Waals surface area contributed by atoms with Gasteiger partial charge in [0, 0.05) is 18.9 Å². The number of imide groups is 1. The molecule has 0 bridgehead atoms. The highest BCUT2D eigenvalue weighted by atomic mass is 16.2. The zero-order valence-corrected chi connectivity index (χ0v) is 14.8. The van der Waals surface area contributed by atoms with Crippen molar-refractivity contribution in [2.75, 3.05) is 20.1 Å². The average molecular weight is 340 g/mol. The quantitative estimate of drug-likeness (QED) is 0.848. The Morgan fingerprint density at radius 2 is 1.88 bits per heavy atom. The number of hydrogen-bond acceptors (Lipinski definition) is 4. The van der Waals surface area contributed by atoms with E-state index in [1.165, 1.54) is 5.56 Å². The van der Waals surface area contributed by atoms with Crippen molar-refractivity contribution in [3.05, 3.63) is 29.5 Å². The van der Waals surface area contributed by atoms with Gasteiger partial charge in [-0.05, 0) is 50.9 Å². The van der Waals surface area contributed by atoms with Crippen molar-refractivity contribution >= 4 is 22.7 Å². The molecule has 0 radical (unpaired) electrons. The fourth-order valence-electron chi connectivity index (χ4n) is 4.26. The van der Waals surface area contributed by atoms with Crippen LogP contribution in [0, 0.1) is 0 Å². The number of aryl methyl sites for hydroxylation is 1. The molecule has 1 unspecified atom stereocenters. The second kappa shape index (κ2) is 6.26. The summed E-state index contributed by atoms with van der Waals surface area (Å²) in [6.45, 7) is 2.22. The highest BCUT2D eigenvalue weighted by Crippen LogP contribution is 2.36. The van der Waals surface area contributed by atoms with Crippen molar-refractivity contribution in [2.24, 2.45) is 7.05 Å². The molecule has 1 aromatic heterocycles. The first-order valence-corrected chi connectivity index (χ1v) is 9.02. The van der Waals surface area contributed by atoms with Gasteiger partial charge in [0.05, 0.1) is 17.1 Å². The summed E-state index contributed by atoms with van der Waals surface area (Å²) >= 11 is 0. The number of carbonyl (C=O) groups is 2. The summed E-state index contributed by atoms with van der Waals surface area (Å²) in [6.07, 6.45) is 3.21. The number of benzene rings is 1. The third kappa shape index (κ3) is 2.84. The summed E-state index contributed by atoms with van der Waals surface area (Å²) in [5, 5.41) is 8.19. The molecule has 2 aliphatic rings. The lowest BCUT2D eigenvalue weighted by Gasteiger charge is -2.29. The van der Waals surface area contributed by atoms with E-state index in [-0.39, 0.29) is 17.7 Å². The molecule has 1 atom stereocenters. The molecule has 2 amide bonds. The fraction of sp³-hybridized carbons (Fsp3) is 0.526. The maximum absolute atomic E-state index is 12.3. The fourth-order valence-corrected chi connectivity index (χ4v) is 4.26. The van der Waals surface area contributed by atoms with Gasteiger partial charge in [-0.2, -0.15) is 5.10 Å². The number of carbonyl (C=O) groups excluding carboxylic acids is 2. The second-order valence-corrected chi connectivity index (χ2v) is 7.33. The molecule has 0 saturated carbocycles. The third-order valence-corrected chi connectivity index (χ3v) is 5.65. The number of amides is 2. The highest BCUT2D eigenvalue weighted by Gasteiger charge is 2.32. The number of fused-ring (bicyclic) bond motifs is 1. The van der Waals surface area contributed by atoms with Crippen LogP contribution in [0.2, 0.25) is 0 Å². The number of aromatic nitrogens is 2. The van der Waals surface area contributed by atoms with Crippen LogP contribution in [0.25, 0.3) is 10.9 Å². The van der Waals surface area contributed by atoms with E-state index in [2.05, 4.69) is 35.5 Å². The average Bonchev–Trinajstić information content (AvgIpc) is 2.93. The number of piperidine rings is 2. The van der Waals surface area contributed by atoms with Crippen molar-refractivity contribution in [2.45, 2.75) is 37.5 Å². The Morgan fingerprint density at radius 1 is 1.12 bits per heavy atom. The Labute approximate surface area is 147 Å². The molecule has 2 fully saturated rings. The van der Waals surface area contributed by atoms with Crippen LogP contribution in [-0.2, 0) is 16.6 Å². The van der Waals surface area contributed by atoms with Gasteiger partial charge in [-0.25, -0.2) is 0 Å². The van der Waals surface area contributed by atoms with Crippen LogP contribution in [-0.4, -0.2) is 46.6 Å². The van der Waals surface area contributed by atoms with Crippen LogP contribution in [0.15, 0.2) is 18.2 Å². The molecule has 25 heavy (non-hydrogen) atoms. The number of likely N-dealkylation sites (tertiary alicyclic amines) is 1. The van der Waals surface area contributed by atoms with Gasteiger partial charge in [-0.3, -0.25) is 19.6 Å². The van der Waals surface area contributed by atoms with Crippen molar-refractivity contribution in [3.63, 3.8) is 0 Å². The summed E-state index contributed by atoms with van der Waals surface area (Å²) in [5.74, 6) is -0.214. The molecular weight excluding hydrogens is 316 g/mol. The van der Waals surface area contributed by atoms with Crippen LogP contribution in [0.1, 0.15) is 48.8 Å². The summed E-state index contributed by atoms with van der Waals surface area (Å²) < 4.78 is 1.92. The van der Waals surface area contributed by atoms with E-state index in [0.29, 0.717) is 18.8 Å². The Bertz CT molecular complexity index is 833. The number of nitrogens with one attached hydrogen (secondary N) is 1. The Balaban J connectivity index is 1.75. The molecule has 0 aliphatic carbocycles. The Hall–Kier alpha value is -2.21. The lowest BCUT2D eigenvalue weighted by Crippen LogP contribution is -2.39. The molecule has 6 heteroatoms. The predicted molar refractivity (Wildman–Crippen MR) is 95.3 cm³/mol. The van der Waals surface area contributed by atoms with E-state index in [9.17, 15) is 9.59 Å². The first kappa shape index (κ1) is 16.3. The normalized spacial score (nSPS) is 23.2. The summed E-state index contributed by atoms with van der Waals surface area (Å²) in [5.41, 5.74) is 3.27. The molecule has 3 heterocycles. The largest absolute Gasteiger partial charge is 0.306 e. The van der Waals surface area contributed by atoms with Gasteiger partial charge >= 0.3 is 0 Å². The van der Waals surface area contributed by atoms with E-state index in [4.69, 9.17) is 5.10 Å². The van der Waals surface area contributed by atoms with Crippen LogP contribution in [0.3, 0.4) is 0 Å². The first-order chi connectivity index (χ1) is 12.0. The van der Waals surface area contributed by atoms with E-state index in [1.807, 2.05) is 11.7 Å². The monoisotopic (exact) mass is 340 g/mol. The van der Waals surface area contributed by atoms with Gasteiger partial charge in [-0.15, -0.1) is 0 Å². The molecule has 2 aromatic rings. The molecule has 132 valence electrons. The molecule has 2 aliphatic heterocycles. The van der Waals surface area contributed by atoms with Gasteiger partial charge in [0.2, 0.25) is 11.8 Å². The molecular formula is C19H24N4O2. The summed E-state index contributed by atoms with van der Waals surface area (Å²) in [6, 6.07) is 6.33. The first-order valence-electron chi connectivity index (χ1n) is 9.02. The molecule has 0 spiro atoms. The minimum Gasteiger partial charge on any atom is -0.306 e. The van der Waals surface area contributed by atoms with Gasteiger partial charge in [0.1, 0.15) is 0 Å². The number of rotatable bonds is 2. The molecule has 1 aromatic carbocycles. The topological polar surface area (TPSA) is 67.2 Å². The zero-order valence-electron chi connectivity index (χ0n) is 14.8. The minimum absolute atomic E-state index is 0.187. The number of para-hydroxylation sites is 1. The molecule has 1 N–H and O–H groups in total. The maximum atomic E-state index is 12.3. The smallest absolute Gasteiger partial charge is 0.235 e. The van der Waals surface area contributed by atoms with Crippen molar-refractivity contribution in [3.8, 4) is 0 Å². The van der Waals surface area contributed by atoms with Crippen LogP contribution < -0.4 is 5.32 Å². The van der Waals surface area contributed by atoms with Gasteiger partial charge in [0.15, 0.2) is 0 Å². The standard InChI is InChI=1S/C19H24N4O2/c1-22-10-8-12(9-11-22)13-4-3-5-14-17(21-23(2)18(13)14)15-6-7-16(24)20-19(15)25/h3-5,12,15H,6-11H2,1-2H3,(H,20,24,25). The lowest BCUT2D eigenvalue weighted by atomic mass is 9.87. The minimum atomic E-state index is -0.339. The van der Waals surface area contributed by atoms with E-state index in [1.54, 1.807) is 0 Å². The third-order valence-electron chi connectivity index (χ3n) is 5.65. The Morgan fingerprint density at radius 3 is 2.60 bits per heavy atom. The Kier molecular flexibility index (Phi) is 4.07. The van der Waals surface area contributed by atoms with Gasteiger partial charge in [-0.1, -0.05) is 18.2 Å². The summed E-state index contributed by atoms with van der Waals surface area (Å²) in [7, 11) is 4.12. The van der Waals surface area contributed by atoms with E-state index < -0.39 is 0 Å². The number of hydrogen-bond donors (Lipinski definition) is 1. The maximum Gasteiger partial charge on any atom is 0.235 e. The molecule has 2 saturated heterocycles. The second-order valence-electron chi connectivity index (χ2n) is 7.33. The lowest BCUT2D eigenvalue weighted by molar-refractivity contribution is -0.134. The SMILES string of the molecule is CN1CCC(c2cccc3c(C4CCC(=O)NC4=O)nn(C)c23)CC1. The molecule has 6 nitrogen and oxygen atoms in total. The van der Waals surface area contributed by atoms with Crippen molar-refractivity contribution in [1.29, 1.82) is 0 Å². The van der Waals surface area contributed by atoms with E-state index in [0.717, 1.165) is 42.5 Å². The number of nitrogens with zero attached hydrogens (tertiary/aromatic N) is 3. The zero-order chi connectivity index (χ0) is 17.6.